The molecule has 0 bridgehead atoms. The molecule has 1 N–H and O–H groups in total. The largest absolute Gasteiger partial charge is 0.497 e. The van der Waals surface area contributed by atoms with Crippen LogP contribution < -0.4 is 9.64 Å². The van der Waals surface area contributed by atoms with Crippen LogP contribution in [0.1, 0.15) is 70.1 Å². The zero-order valence-electron chi connectivity index (χ0n) is 22.9. The number of methoxy groups -OCH3 is 1. The van der Waals surface area contributed by atoms with Gasteiger partial charge in [-0.15, -0.1) is 0 Å². The van der Waals surface area contributed by atoms with Crippen molar-refractivity contribution in [1.29, 1.82) is 0 Å². The quantitative estimate of drug-likeness (QED) is 0.411. The number of hydrogen-bond donors (Lipinski definition) is 1. The molecule has 7 rings (SSSR count). The van der Waals surface area contributed by atoms with E-state index in [0.29, 0.717) is 42.6 Å². The number of benzene rings is 2. The molecule has 1 atom stereocenters. The standard InChI is InChI=1S/C31H32F2N4O4/c1-41-23-10-8-22(9-11-23)37-27-25(26(34-37)29(39)40)30(12-13-30)17-36(28(27)38)21-6-4-20(5-7-21)24(19-2-3-19)16-35-15-14-31(32,33)18-35/h4-11,19,24H,2-3,12-18H2,1H3,(H,39,40). The van der Waals surface area contributed by atoms with Crippen molar-refractivity contribution in [3.05, 3.63) is 71.0 Å². The van der Waals surface area contributed by atoms with E-state index in [1.807, 2.05) is 29.2 Å². The van der Waals surface area contributed by atoms with Crippen LogP contribution in [-0.4, -0.2) is 70.9 Å². The predicted molar refractivity (Wildman–Crippen MR) is 148 cm³/mol. The number of fused-ring (bicyclic) bond motifs is 2. The highest BCUT2D eigenvalue weighted by Crippen LogP contribution is 2.54. The molecule has 8 nitrogen and oxygen atoms in total. The molecule has 41 heavy (non-hydrogen) atoms. The highest BCUT2D eigenvalue weighted by molar-refractivity contribution is 6.10. The lowest BCUT2D eigenvalue weighted by Crippen LogP contribution is -2.44. The molecule has 2 aliphatic heterocycles. The van der Waals surface area contributed by atoms with Crippen LogP contribution in [0.4, 0.5) is 14.5 Å². The van der Waals surface area contributed by atoms with Crippen LogP contribution in [0.2, 0.25) is 0 Å². The van der Waals surface area contributed by atoms with Crippen LogP contribution in [0.3, 0.4) is 0 Å². The number of hydrogen-bond acceptors (Lipinski definition) is 5. The summed E-state index contributed by atoms with van der Waals surface area (Å²) in [5, 5.41) is 14.4. The molecule has 10 heteroatoms. The molecule has 0 radical (unpaired) electrons. The van der Waals surface area contributed by atoms with Gasteiger partial charge in [0.15, 0.2) is 5.69 Å². The molecule has 3 aromatic rings. The number of amides is 1. The van der Waals surface area contributed by atoms with Crippen LogP contribution in [0, 0.1) is 5.92 Å². The number of likely N-dealkylation sites (tertiary alicyclic amines) is 1. The maximum Gasteiger partial charge on any atom is 0.356 e. The van der Waals surface area contributed by atoms with Gasteiger partial charge in [0.05, 0.1) is 19.3 Å². The van der Waals surface area contributed by atoms with E-state index in [9.17, 15) is 23.5 Å². The normalized spacial score (nSPS) is 21.6. The summed E-state index contributed by atoms with van der Waals surface area (Å²) in [5.41, 5.74) is 2.71. The summed E-state index contributed by atoms with van der Waals surface area (Å²) in [4.78, 5) is 29.9. The highest BCUT2D eigenvalue weighted by atomic mass is 19.3. The topological polar surface area (TPSA) is 87.9 Å². The lowest BCUT2D eigenvalue weighted by molar-refractivity contribution is 0.0115. The van der Waals surface area contributed by atoms with Crippen LogP contribution >= 0.6 is 0 Å². The number of rotatable bonds is 8. The zero-order valence-corrected chi connectivity index (χ0v) is 22.9. The van der Waals surface area contributed by atoms with Crippen LogP contribution in [0.5, 0.6) is 5.75 Å². The summed E-state index contributed by atoms with van der Waals surface area (Å²) in [7, 11) is 1.56. The molecule has 3 heterocycles. The molecule has 1 spiro atoms. The third kappa shape index (κ3) is 4.58. The number of carbonyl (C=O) groups is 2. The Bertz CT molecular complexity index is 1510. The van der Waals surface area contributed by atoms with Gasteiger partial charge in [-0.25, -0.2) is 18.3 Å². The van der Waals surface area contributed by atoms with Gasteiger partial charge in [-0.05, 0) is 79.5 Å². The molecule has 1 saturated heterocycles. The minimum Gasteiger partial charge on any atom is -0.497 e. The molecular formula is C31H32F2N4O4. The van der Waals surface area contributed by atoms with E-state index < -0.39 is 17.3 Å². The molecule has 2 aliphatic carbocycles. The van der Waals surface area contributed by atoms with Crippen molar-refractivity contribution in [2.24, 2.45) is 5.92 Å². The van der Waals surface area contributed by atoms with Crippen LogP contribution in [0.15, 0.2) is 48.5 Å². The Labute approximate surface area is 236 Å². The lowest BCUT2D eigenvalue weighted by atomic mass is 9.88. The monoisotopic (exact) mass is 562 g/mol. The highest BCUT2D eigenvalue weighted by Gasteiger charge is 2.56. The van der Waals surface area contributed by atoms with E-state index >= 15 is 0 Å². The van der Waals surface area contributed by atoms with Crippen molar-refractivity contribution in [2.45, 2.75) is 49.4 Å². The fourth-order valence-corrected chi connectivity index (χ4v) is 6.69. The second kappa shape index (κ2) is 9.37. The number of alkyl halides is 2. The van der Waals surface area contributed by atoms with Gasteiger partial charge in [-0.3, -0.25) is 9.69 Å². The molecule has 2 saturated carbocycles. The first-order valence-electron chi connectivity index (χ1n) is 14.2. The van der Waals surface area contributed by atoms with Gasteiger partial charge in [0.2, 0.25) is 0 Å². The van der Waals surface area contributed by atoms with Crippen molar-refractivity contribution in [3.8, 4) is 11.4 Å². The Hall–Kier alpha value is -3.79. The van der Waals surface area contributed by atoms with Crippen LogP contribution in [-0.2, 0) is 5.41 Å². The molecule has 2 aromatic carbocycles. The van der Waals surface area contributed by atoms with E-state index in [1.54, 1.807) is 36.3 Å². The average Bonchev–Trinajstić information content (AvgIpc) is 3.88. The van der Waals surface area contributed by atoms with Gasteiger partial charge in [-0.2, -0.15) is 5.10 Å². The van der Waals surface area contributed by atoms with Crippen molar-refractivity contribution < 1.29 is 28.2 Å². The van der Waals surface area contributed by atoms with Gasteiger partial charge < -0.3 is 14.7 Å². The fourth-order valence-electron chi connectivity index (χ4n) is 6.69. The van der Waals surface area contributed by atoms with Crippen molar-refractivity contribution in [2.75, 3.05) is 38.2 Å². The zero-order chi connectivity index (χ0) is 28.5. The number of carbonyl (C=O) groups excluding carboxylic acids is 1. The van der Waals surface area contributed by atoms with Gasteiger partial charge in [0, 0.05) is 42.7 Å². The smallest absolute Gasteiger partial charge is 0.356 e. The van der Waals surface area contributed by atoms with E-state index in [4.69, 9.17) is 4.74 Å². The van der Waals surface area contributed by atoms with Gasteiger partial charge >= 0.3 is 5.97 Å². The number of aromatic carboxylic acids is 1. The number of halogens is 2. The Kier molecular flexibility index (Phi) is 5.97. The van der Waals surface area contributed by atoms with Gasteiger partial charge in [0.25, 0.3) is 11.8 Å². The number of nitrogens with zero attached hydrogens (tertiary/aromatic N) is 4. The Morgan fingerprint density at radius 2 is 1.73 bits per heavy atom. The molecule has 1 unspecified atom stereocenters. The summed E-state index contributed by atoms with van der Waals surface area (Å²) >= 11 is 0. The summed E-state index contributed by atoms with van der Waals surface area (Å²) in [6, 6.07) is 14.9. The minimum atomic E-state index is -2.61. The van der Waals surface area contributed by atoms with E-state index in [2.05, 4.69) is 5.10 Å². The SMILES string of the molecule is COc1ccc(-n2nc(C(=O)O)c3c2C(=O)N(c2ccc(C(CN4CCC(F)(F)C4)C4CC4)cc2)CC32CC2)cc1. The summed E-state index contributed by atoms with van der Waals surface area (Å²) in [5.74, 6) is -2.72. The third-order valence-electron chi connectivity index (χ3n) is 9.22. The summed E-state index contributed by atoms with van der Waals surface area (Å²) in [6.07, 6.45) is 3.68. The molecule has 4 aliphatic rings. The fraction of sp³-hybridized carbons (Fsp3) is 0.452. The second-order valence-electron chi connectivity index (χ2n) is 12.0. The summed E-state index contributed by atoms with van der Waals surface area (Å²) < 4.78 is 34.4. The molecule has 1 amide bonds. The van der Waals surface area contributed by atoms with Crippen LogP contribution in [0.25, 0.3) is 5.69 Å². The molecular weight excluding hydrogens is 530 g/mol. The number of aromatic nitrogens is 2. The number of ether oxygens (including phenoxy) is 1. The first-order valence-corrected chi connectivity index (χ1v) is 14.2. The Balaban J connectivity index is 1.21. The van der Waals surface area contributed by atoms with E-state index in [0.717, 1.165) is 36.9 Å². The predicted octanol–water partition coefficient (Wildman–Crippen LogP) is 5.11. The first kappa shape index (κ1) is 26.1. The molecule has 214 valence electrons. The van der Waals surface area contributed by atoms with Gasteiger partial charge in [0.1, 0.15) is 11.4 Å². The number of carboxylic acids is 1. The maximum atomic E-state index is 14.1. The Morgan fingerprint density at radius 1 is 1.05 bits per heavy atom. The second-order valence-corrected chi connectivity index (χ2v) is 12.0. The first-order chi connectivity index (χ1) is 19.7. The van der Waals surface area contributed by atoms with E-state index in [-0.39, 0.29) is 36.2 Å². The average molecular weight is 563 g/mol. The third-order valence-corrected chi connectivity index (χ3v) is 9.22. The molecule has 1 aromatic heterocycles. The van der Waals surface area contributed by atoms with Crippen molar-refractivity contribution in [1.82, 2.24) is 14.7 Å². The summed E-state index contributed by atoms with van der Waals surface area (Å²) in [6.45, 7) is 1.25. The van der Waals surface area contributed by atoms with E-state index in [1.165, 1.54) is 4.68 Å². The Morgan fingerprint density at radius 3 is 2.29 bits per heavy atom. The van der Waals surface area contributed by atoms with Crippen molar-refractivity contribution in [3.63, 3.8) is 0 Å². The minimum absolute atomic E-state index is 0.0727. The van der Waals surface area contributed by atoms with Crippen molar-refractivity contribution >= 4 is 17.6 Å². The lowest BCUT2D eigenvalue weighted by Gasteiger charge is -2.34. The number of carboxylic acid groups (broad SMARTS) is 1. The maximum absolute atomic E-state index is 14.1. The molecule has 3 fully saturated rings. The van der Waals surface area contributed by atoms with Gasteiger partial charge in [-0.1, -0.05) is 12.1 Å². The number of anilines is 1.